The molecule has 0 unspecified atom stereocenters. The highest BCUT2D eigenvalue weighted by Gasteiger charge is 2.07. The van der Waals surface area contributed by atoms with Gasteiger partial charge >= 0.3 is 0 Å². The molecule has 3 aromatic rings. The maximum absolute atomic E-state index is 11.7. The minimum absolute atomic E-state index is 0.221. The van der Waals surface area contributed by atoms with E-state index in [1.165, 1.54) is 6.20 Å². The molecule has 0 aliphatic carbocycles. The predicted octanol–water partition coefficient (Wildman–Crippen LogP) is 0.895. The first-order valence-electron chi connectivity index (χ1n) is 5.03. The Morgan fingerprint density at radius 3 is 3.00 bits per heavy atom. The van der Waals surface area contributed by atoms with Crippen molar-refractivity contribution in [2.75, 3.05) is 5.73 Å². The van der Waals surface area contributed by atoms with Gasteiger partial charge in [-0.1, -0.05) is 12.1 Å². The summed E-state index contributed by atoms with van der Waals surface area (Å²) in [4.78, 5) is 18.7. The molecule has 0 atom stereocenters. The number of nitrogens with one attached hydrogen (secondary N) is 2. The van der Waals surface area contributed by atoms with E-state index in [4.69, 9.17) is 5.73 Å². The van der Waals surface area contributed by atoms with E-state index in [9.17, 15) is 4.79 Å². The van der Waals surface area contributed by atoms with Crippen LogP contribution in [-0.2, 0) is 0 Å². The summed E-state index contributed by atoms with van der Waals surface area (Å²) < 4.78 is 0. The molecule has 0 bridgehead atoms. The summed E-state index contributed by atoms with van der Waals surface area (Å²) >= 11 is 0. The van der Waals surface area contributed by atoms with Crippen LogP contribution in [0.2, 0.25) is 0 Å². The van der Waals surface area contributed by atoms with Crippen LogP contribution in [0.15, 0.2) is 35.3 Å². The fourth-order valence-electron chi connectivity index (χ4n) is 1.67. The van der Waals surface area contributed by atoms with Crippen molar-refractivity contribution in [3.8, 4) is 11.4 Å². The van der Waals surface area contributed by atoms with Crippen molar-refractivity contribution < 1.29 is 0 Å². The molecule has 0 spiro atoms. The summed E-state index contributed by atoms with van der Waals surface area (Å²) in [5, 5.41) is 6.90. The fourth-order valence-corrected chi connectivity index (χ4v) is 1.67. The highest BCUT2D eigenvalue weighted by Crippen LogP contribution is 2.17. The number of aromatic amines is 2. The van der Waals surface area contributed by atoms with Crippen molar-refractivity contribution in [2.24, 2.45) is 0 Å². The summed E-state index contributed by atoms with van der Waals surface area (Å²) in [5.74, 6) is 0.471. The number of nitrogens with two attached hydrogens (primary N) is 1. The SMILES string of the molecule is Nc1cccc(-c2nc3[nH]ncc3c(=O)[nH]2)c1. The smallest absolute Gasteiger partial charge is 0.262 e. The zero-order valence-electron chi connectivity index (χ0n) is 8.77. The Kier molecular flexibility index (Phi) is 1.94. The van der Waals surface area contributed by atoms with E-state index in [0.29, 0.717) is 22.5 Å². The monoisotopic (exact) mass is 227 g/mol. The average molecular weight is 227 g/mol. The number of fused-ring (bicyclic) bond motifs is 1. The van der Waals surface area contributed by atoms with Gasteiger partial charge in [0.1, 0.15) is 11.2 Å². The van der Waals surface area contributed by atoms with Gasteiger partial charge in [0, 0.05) is 11.3 Å². The van der Waals surface area contributed by atoms with Crippen LogP contribution in [0.25, 0.3) is 22.4 Å². The first-order chi connectivity index (χ1) is 8.24. The number of hydrogen-bond donors (Lipinski definition) is 3. The first-order valence-corrected chi connectivity index (χ1v) is 5.03. The minimum atomic E-state index is -0.221. The molecule has 0 saturated carbocycles. The Balaban J connectivity index is 2.27. The number of benzene rings is 1. The van der Waals surface area contributed by atoms with Gasteiger partial charge in [-0.05, 0) is 12.1 Å². The molecule has 0 aliphatic heterocycles. The molecule has 84 valence electrons. The number of nitrogen functional groups attached to an aromatic ring is 1. The van der Waals surface area contributed by atoms with Crippen molar-refractivity contribution in [2.45, 2.75) is 0 Å². The number of aromatic nitrogens is 4. The molecule has 2 aromatic heterocycles. The molecule has 0 amide bonds. The Morgan fingerprint density at radius 2 is 2.18 bits per heavy atom. The minimum Gasteiger partial charge on any atom is -0.399 e. The second kappa shape index (κ2) is 3.44. The van der Waals surface area contributed by atoms with Crippen LogP contribution in [0.5, 0.6) is 0 Å². The lowest BCUT2D eigenvalue weighted by Gasteiger charge is -2.01. The Morgan fingerprint density at radius 1 is 1.29 bits per heavy atom. The van der Waals surface area contributed by atoms with Gasteiger partial charge in [0.2, 0.25) is 0 Å². The van der Waals surface area contributed by atoms with E-state index < -0.39 is 0 Å². The first kappa shape index (κ1) is 9.59. The normalized spacial score (nSPS) is 10.8. The molecule has 2 heterocycles. The van der Waals surface area contributed by atoms with Gasteiger partial charge in [-0.15, -0.1) is 0 Å². The number of anilines is 1. The number of H-pyrrole nitrogens is 2. The van der Waals surface area contributed by atoms with Crippen LogP contribution in [0.3, 0.4) is 0 Å². The van der Waals surface area contributed by atoms with Crippen LogP contribution in [0, 0.1) is 0 Å². The van der Waals surface area contributed by atoms with Gasteiger partial charge in [-0.3, -0.25) is 9.89 Å². The summed E-state index contributed by atoms with van der Waals surface area (Å²) in [6, 6.07) is 7.16. The highest BCUT2D eigenvalue weighted by atomic mass is 16.1. The van der Waals surface area contributed by atoms with Gasteiger partial charge in [0.05, 0.1) is 6.20 Å². The maximum Gasteiger partial charge on any atom is 0.262 e. The molecule has 0 aliphatic rings. The molecule has 17 heavy (non-hydrogen) atoms. The van der Waals surface area contributed by atoms with Crippen LogP contribution >= 0.6 is 0 Å². The van der Waals surface area contributed by atoms with Crippen molar-refractivity contribution >= 4 is 16.7 Å². The lowest BCUT2D eigenvalue weighted by Crippen LogP contribution is -2.08. The van der Waals surface area contributed by atoms with Crippen molar-refractivity contribution in [3.05, 3.63) is 40.8 Å². The number of rotatable bonds is 1. The van der Waals surface area contributed by atoms with E-state index in [0.717, 1.165) is 5.56 Å². The lowest BCUT2D eigenvalue weighted by atomic mass is 10.2. The van der Waals surface area contributed by atoms with Crippen LogP contribution in [-0.4, -0.2) is 20.2 Å². The second-order valence-corrected chi connectivity index (χ2v) is 3.67. The van der Waals surface area contributed by atoms with E-state index in [-0.39, 0.29) is 5.56 Å². The summed E-state index contributed by atoms with van der Waals surface area (Å²) in [6.07, 6.45) is 1.45. The zero-order valence-corrected chi connectivity index (χ0v) is 8.77. The average Bonchev–Trinajstić information content (AvgIpc) is 2.77. The molecule has 6 heteroatoms. The van der Waals surface area contributed by atoms with Crippen molar-refractivity contribution in [1.29, 1.82) is 0 Å². The number of hydrogen-bond acceptors (Lipinski definition) is 4. The third-order valence-electron chi connectivity index (χ3n) is 2.48. The van der Waals surface area contributed by atoms with Crippen molar-refractivity contribution in [3.63, 3.8) is 0 Å². The molecule has 3 rings (SSSR count). The van der Waals surface area contributed by atoms with Crippen LogP contribution < -0.4 is 11.3 Å². The maximum atomic E-state index is 11.7. The molecule has 4 N–H and O–H groups in total. The molecule has 0 fully saturated rings. The van der Waals surface area contributed by atoms with Crippen molar-refractivity contribution in [1.82, 2.24) is 20.2 Å². The van der Waals surface area contributed by atoms with E-state index >= 15 is 0 Å². The lowest BCUT2D eigenvalue weighted by molar-refractivity contribution is 1.09. The largest absolute Gasteiger partial charge is 0.399 e. The van der Waals surface area contributed by atoms with Gasteiger partial charge in [0.15, 0.2) is 5.65 Å². The molecule has 1 aromatic carbocycles. The van der Waals surface area contributed by atoms with E-state index in [2.05, 4.69) is 20.2 Å². The molecule has 0 radical (unpaired) electrons. The molecular weight excluding hydrogens is 218 g/mol. The second-order valence-electron chi connectivity index (χ2n) is 3.67. The highest BCUT2D eigenvalue weighted by molar-refractivity contribution is 5.75. The molecule has 6 nitrogen and oxygen atoms in total. The zero-order chi connectivity index (χ0) is 11.8. The van der Waals surface area contributed by atoms with Crippen LogP contribution in [0.1, 0.15) is 0 Å². The van der Waals surface area contributed by atoms with E-state index in [1.54, 1.807) is 12.1 Å². The van der Waals surface area contributed by atoms with Crippen LogP contribution in [0.4, 0.5) is 5.69 Å². The van der Waals surface area contributed by atoms with Gasteiger partial charge < -0.3 is 10.7 Å². The van der Waals surface area contributed by atoms with Gasteiger partial charge in [0.25, 0.3) is 5.56 Å². The summed E-state index contributed by atoms with van der Waals surface area (Å²) in [5.41, 5.74) is 7.31. The Labute approximate surface area is 95.5 Å². The van der Waals surface area contributed by atoms with Gasteiger partial charge in [-0.25, -0.2) is 4.98 Å². The third kappa shape index (κ3) is 1.55. The van der Waals surface area contributed by atoms with E-state index in [1.807, 2.05) is 12.1 Å². The summed E-state index contributed by atoms with van der Waals surface area (Å²) in [7, 11) is 0. The standard InChI is InChI=1S/C11H9N5O/c12-7-3-1-2-6(4-7)9-14-10-8(5-13-16-10)11(17)15-9/h1-5H,12H2,(H2,13,14,15,16,17). The predicted molar refractivity (Wildman–Crippen MR) is 64.4 cm³/mol. The molecule has 0 saturated heterocycles. The fraction of sp³-hybridized carbons (Fsp3) is 0. The third-order valence-corrected chi connectivity index (χ3v) is 2.48. The van der Waals surface area contributed by atoms with Gasteiger partial charge in [-0.2, -0.15) is 5.10 Å². The Bertz CT molecular complexity index is 743. The topological polar surface area (TPSA) is 100 Å². The Hall–Kier alpha value is -2.63. The summed E-state index contributed by atoms with van der Waals surface area (Å²) in [6.45, 7) is 0. The molecular formula is C11H9N5O. The number of nitrogens with zero attached hydrogens (tertiary/aromatic N) is 2. The quantitative estimate of drug-likeness (QED) is 0.537.